The van der Waals surface area contributed by atoms with Gasteiger partial charge >= 0.3 is 0 Å². The Morgan fingerprint density at radius 1 is 1.10 bits per heavy atom. The van der Waals surface area contributed by atoms with E-state index in [2.05, 4.69) is 34.3 Å². The lowest BCUT2D eigenvalue weighted by molar-refractivity contribution is 0.533. The Bertz CT molecular complexity index is 733. The summed E-state index contributed by atoms with van der Waals surface area (Å²) in [6.07, 6.45) is 3.01. The fourth-order valence-electron chi connectivity index (χ4n) is 2.84. The number of fused-ring (bicyclic) bond motifs is 1. The second-order valence-corrected chi connectivity index (χ2v) is 5.24. The fourth-order valence-corrected chi connectivity index (χ4v) is 2.84. The van der Waals surface area contributed by atoms with Gasteiger partial charge in [-0.2, -0.15) is 0 Å². The first-order valence-electron chi connectivity index (χ1n) is 7.25. The van der Waals surface area contributed by atoms with Gasteiger partial charge in [0.2, 0.25) is 0 Å². The Morgan fingerprint density at radius 3 is 2.76 bits per heavy atom. The van der Waals surface area contributed by atoms with Crippen LogP contribution < -0.4 is 5.32 Å². The molecule has 0 fully saturated rings. The third-order valence-corrected chi connectivity index (χ3v) is 3.87. The Labute approximate surface area is 124 Å². The molecule has 0 aliphatic rings. The van der Waals surface area contributed by atoms with E-state index in [-0.39, 0.29) is 11.9 Å². The van der Waals surface area contributed by atoms with Crippen LogP contribution in [-0.4, -0.2) is 18.2 Å². The van der Waals surface area contributed by atoms with Crippen LogP contribution in [0.25, 0.3) is 10.9 Å². The molecule has 21 heavy (non-hydrogen) atoms. The van der Waals surface area contributed by atoms with Crippen molar-refractivity contribution in [2.75, 3.05) is 13.6 Å². The molecule has 0 amide bonds. The van der Waals surface area contributed by atoms with Crippen LogP contribution in [0.15, 0.2) is 60.8 Å². The van der Waals surface area contributed by atoms with Crippen LogP contribution in [0, 0.1) is 5.82 Å². The number of nitrogens with one attached hydrogen (secondary N) is 1. The first kappa shape index (κ1) is 13.8. The van der Waals surface area contributed by atoms with Crippen LogP contribution in [0.5, 0.6) is 0 Å². The molecule has 3 rings (SSSR count). The third-order valence-electron chi connectivity index (χ3n) is 3.87. The van der Waals surface area contributed by atoms with E-state index < -0.39 is 0 Å². The molecule has 3 heteroatoms. The molecule has 1 heterocycles. The molecule has 0 aliphatic heterocycles. The summed E-state index contributed by atoms with van der Waals surface area (Å²) in [7, 11) is 1.94. The van der Waals surface area contributed by atoms with E-state index in [9.17, 15) is 4.39 Å². The van der Waals surface area contributed by atoms with E-state index in [1.165, 1.54) is 17.0 Å². The molecule has 2 aromatic carbocycles. The highest BCUT2D eigenvalue weighted by Crippen LogP contribution is 2.27. The Kier molecular flexibility index (Phi) is 4.02. The molecule has 3 aromatic rings. The molecule has 0 saturated carbocycles. The van der Waals surface area contributed by atoms with Gasteiger partial charge in [0.25, 0.3) is 0 Å². The average molecular weight is 282 g/mol. The predicted molar refractivity (Wildman–Crippen MR) is 85.0 cm³/mol. The fraction of sp³-hybridized carbons (Fsp3) is 0.222. The van der Waals surface area contributed by atoms with E-state index in [1.54, 1.807) is 12.1 Å². The van der Waals surface area contributed by atoms with Gasteiger partial charge in [0.05, 0.1) is 6.04 Å². The lowest BCUT2D eigenvalue weighted by Crippen LogP contribution is -2.17. The quantitative estimate of drug-likeness (QED) is 0.749. The molecule has 0 saturated heterocycles. The van der Waals surface area contributed by atoms with Gasteiger partial charge in [-0.05, 0) is 55.2 Å². The zero-order valence-corrected chi connectivity index (χ0v) is 12.1. The summed E-state index contributed by atoms with van der Waals surface area (Å²) in [5.74, 6) is -0.182. The highest BCUT2D eigenvalue weighted by atomic mass is 19.1. The lowest BCUT2D eigenvalue weighted by atomic mass is 10.0. The van der Waals surface area contributed by atoms with Crippen LogP contribution in [0.2, 0.25) is 0 Å². The van der Waals surface area contributed by atoms with Crippen molar-refractivity contribution in [1.29, 1.82) is 0 Å². The van der Waals surface area contributed by atoms with Crippen LogP contribution in [0.4, 0.5) is 4.39 Å². The van der Waals surface area contributed by atoms with Crippen LogP contribution in [-0.2, 0) is 0 Å². The molecule has 0 bridgehead atoms. The third kappa shape index (κ3) is 2.83. The molecular formula is C18H19FN2. The Hall–Kier alpha value is -2.13. The molecule has 1 N–H and O–H groups in total. The van der Waals surface area contributed by atoms with Gasteiger partial charge in [-0.1, -0.05) is 30.3 Å². The SMILES string of the molecule is CNCC[C@H](c1cccc(F)c1)n1ccc2ccccc21. The number of benzene rings is 2. The smallest absolute Gasteiger partial charge is 0.123 e. The second-order valence-electron chi connectivity index (χ2n) is 5.24. The topological polar surface area (TPSA) is 17.0 Å². The molecular weight excluding hydrogens is 263 g/mol. The van der Waals surface area contributed by atoms with Gasteiger partial charge in [0, 0.05) is 11.7 Å². The van der Waals surface area contributed by atoms with Gasteiger partial charge in [0.15, 0.2) is 0 Å². The summed E-state index contributed by atoms with van der Waals surface area (Å²) in [5.41, 5.74) is 2.19. The normalized spacial score (nSPS) is 12.7. The van der Waals surface area contributed by atoms with Crippen LogP contribution in [0.1, 0.15) is 18.0 Å². The summed E-state index contributed by atoms with van der Waals surface area (Å²) in [6, 6.07) is 17.4. The Morgan fingerprint density at radius 2 is 1.95 bits per heavy atom. The van der Waals surface area contributed by atoms with E-state index in [0.29, 0.717) is 0 Å². The van der Waals surface area contributed by atoms with Gasteiger partial charge in [-0.3, -0.25) is 0 Å². The average Bonchev–Trinajstić information content (AvgIpc) is 2.92. The van der Waals surface area contributed by atoms with Crippen molar-refractivity contribution in [3.63, 3.8) is 0 Å². The number of rotatable bonds is 5. The van der Waals surface area contributed by atoms with Gasteiger partial charge < -0.3 is 9.88 Å². The minimum absolute atomic E-state index is 0.132. The molecule has 2 nitrogen and oxygen atoms in total. The largest absolute Gasteiger partial charge is 0.340 e. The van der Waals surface area contributed by atoms with Crippen molar-refractivity contribution in [2.24, 2.45) is 0 Å². The zero-order chi connectivity index (χ0) is 14.7. The number of aromatic nitrogens is 1. The monoisotopic (exact) mass is 282 g/mol. The number of nitrogens with zero attached hydrogens (tertiary/aromatic N) is 1. The molecule has 1 atom stereocenters. The first-order chi connectivity index (χ1) is 10.3. The maximum absolute atomic E-state index is 13.6. The molecule has 1 aromatic heterocycles. The number of halogens is 1. The maximum Gasteiger partial charge on any atom is 0.123 e. The zero-order valence-electron chi connectivity index (χ0n) is 12.1. The van der Waals surface area contributed by atoms with Crippen molar-refractivity contribution in [2.45, 2.75) is 12.5 Å². The molecule has 108 valence electrons. The summed E-state index contributed by atoms with van der Waals surface area (Å²) in [6.45, 7) is 0.883. The van der Waals surface area contributed by atoms with Crippen molar-refractivity contribution in [3.8, 4) is 0 Å². The molecule has 0 radical (unpaired) electrons. The molecule has 0 unspecified atom stereocenters. The van der Waals surface area contributed by atoms with Gasteiger partial charge in [0.1, 0.15) is 5.82 Å². The van der Waals surface area contributed by atoms with Crippen molar-refractivity contribution < 1.29 is 4.39 Å². The number of hydrogen-bond acceptors (Lipinski definition) is 1. The van der Waals surface area contributed by atoms with Crippen LogP contribution in [0.3, 0.4) is 0 Å². The van der Waals surface area contributed by atoms with Crippen LogP contribution >= 0.6 is 0 Å². The van der Waals surface area contributed by atoms with E-state index in [0.717, 1.165) is 18.5 Å². The standard InChI is InChI=1S/C18H19FN2/c1-20-11-9-18(15-6-4-7-16(19)13-15)21-12-10-14-5-2-3-8-17(14)21/h2-8,10,12-13,18,20H,9,11H2,1H3/t18-/m1/s1. The highest BCUT2D eigenvalue weighted by molar-refractivity contribution is 5.80. The van der Waals surface area contributed by atoms with E-state index in [1.807, 2.05) is 25.2 Å². The Balaban J connectivity index is 2.06. The van der Waals surface area contributed by atoms with Crippen molar-refractivity contribution in [3.05, 3.63) is 72.2 Å². The summed E-state index contributed by atoms with van der Waals surface area (Å²) in [5, 5.41) is 4.40. The number of hydrogen-bond donors (Lipinski definition) is 1. The summed E-state index contributed by atoms with van der Waals surface area (Å²) >= 11 is 0. The second kappa shape index (κ2) is 6.10. The maximum atomic E-state index is 13.6. The van der Waals surface area contributed by atoms with Gasteiger partial charge in [-0.25, -0.2) is 4.39 Å². The first-order valence-corrected chi connectivity index (χ1v) is 7.25. The minimum atomic E-state index is -0.182. The molecule has 0 spiro atoms. The summed E-state index contributed by atoms with van der Waals surface area (Å²) in [4.78, 5) is 0. The minimum Gasteiger partial charge on any atom is -0.340 e. The summed E-state index contributed by atoms with van der Waals surface area (Å²) < 4.78 is 15.8. The van der Waals surface area contributed by atoms with Crippen molar-refractivity contribution in [1.82, 2.24) is 9.88 Å². The molecule has 0 aliphatic carbocycles. The number of para-hydroxylation sites is 1. The van der Waals surface area contributed by atoms with Crippen molar-refractivity contribution >= 4 is 10.9 Å². The van der Waals surface area contributed by atoms with Gasteiger partial charge in [-0.15, -0.1) is 0 Å². The predicted octanol–water partition coefficient (Wildman–Crippen LogP) is 3.98. The van der Waals surface area contributed by atoms with E-state index >= 15 is 0 Å². The lowest BCUT2D eigenvalue weighted by Gasteiger charge is -2.21. The van der Waals surface area contributed by atoms with E-state index in [4.69, 9.17) is 0 Å². The highest BCUT2D eigenvalue weighted by Gasteiger charge is 2.15.